The van der Waals surface area contributed by atoms with Crippen LogP contribution in [0.15, 0.2) is 18.2 Å². The van der Waals surface area contributed by atoms with Gasteiger partial charge in [0.1, 0.15) is 5.75 Å². The number of halogens is 2. The number of benzene rings is 1. The van der Waals surface area contributed by atoms with Gasteiger partial charge in [-0.05, 0) is 43.5 Å². The molecule has 2 nitrogen and oxygen atoms in total. The molecule has 1 aliphatic rings. The average molecular weight is 241 g/mol. The van der Waals surface area contributed by atoms with E-state index in [9.17, 15) is 8.78 Å². The van der Waals surface area contributed by atoms with Crippen molar-refractivity contribution < 1.29 is 13.5 Å². The van der Waals surface area contributed by atoms with E-state index in [0.717, 1.165) is 31.5 Å². The second kappa shape index (κ2) is 5.45. The molecule has 0 radical (unpaired) electrons. The number of alkyl halides is 2. The number of nitrogens with one attached hydrogen (secondary N) is 1. The van der Waals surface area contributed by atoms with Gasteiger partial charge in [0.25, 0.3) is 6.43 Å². The first kappa shape index (κ1) is 12.3. The number of ether oxygens (including phenoxy) is 1. The highest BCUT2D eigenvalue weighted by Crippen LogP contribution is 2.35. The molecule has 0 saturated carbocycles. The highest BCUT2D eigenvalue weighted by atomic mass is 19.3. The normalized spacial score (nSPS) is 17.4. The molecule has 0 atom stereocenters. The Hall–Kier alpha value is -1.16. The summed E-state index contributed by atoms with van der Waals surface area (Å²) in [6.07, 6.45) is -0.375. The van der Waals surface area contributed by atoms with E-state index in [-0.39, 0.29) is 5.56 Å². The first-order valence-electron chi connectivity index (χ1n) is 5.89. The Morgan fingerprint density at radius 2 is 2.00 bits per heavy atom. The van der Waals surface area contributed by atoms with Crippen molar-refractivity contribution in [2.24, 2.45) is 0 Å². The molecule has 1 aliphatic heterocycles. The SMILES string of the molecule is COc1cc(C(F)F)ccc1C1CCNCC1. The summed E-state index contributed by atoms with van der Waals surface area (Å²) in [5.41, 5.74) is 1.08. The van der Waals surface area contributed by atoms with Gasteiger partial charge in [0.2, 0.25) is 0 Å². The van der Waals surface area contributed by atoms with E-state index in [1.807, 2.05) is 0 Å². The van der Waals surface area contributed by atoms with E-state index in [4.69, 9.17) is 4.74 Å². The molecule has 0 aromatic heterocycles. The van der Waals surface area contributed by atoms with Crippen molar-refractivity contribution in [3.05, 3.63) is 29.3 Å². The van der Waals surface area contributed by atoms with Crippen LogP contribution in [0.25, 0.3) is 0 Å². The van der Waals surface area contributed by atoms with Crippen LogP contribution in [0.5, 0.6) is 5.75 Å². The van der Waals surface area contributed by atoms with Crippen LogP contribution in [0, 0.1) is 0 Å². The van der Waals surface area contributed by atoms with Gasteiger partial charge in [-0.15, -0.1) is 0 Å². The molecule has 1 aromatic carbocycles. The lowest BCUT2D eigenvalue weighted by molar-refractivity contribution is 0.151. The maximum atomic E-state index is 12.6. The van der Waals surface area contributed by atoms with Crippen molar-refractivity contribution >= 4 is 0 Å². The fourth-order valence-corrected chi connectivity index (χ4v) is 2.33. The van der Waals surface area contributed by atoms with Crippen molar-refractivity contribution in [1.29, 1.82) is 0 Å². The topological polar surface area (TPSA) is 21.3 Å². The molecule has 4 heteroatoms. The zero-order chi connectivity index (χ0) is 12.3. The van der Waals surface area contributed by atoms with Gasteiger partial charge in [-0.2, -0.15) is 0 Å². The molecule has 1 saturated heterocycles. The molecule has 0 aliphatic carbocycles. The van der Waals surface area contributed by atoms with Crippen LogP contribution in [0.3, 0.4) is 0 Å². The van der Waals surface area contributed by atoms with Crippen LogP contribution in [-0.2, 0) is 0 Å². The van der Waals surface area contributed by atoms with E-state index in [1.165, 1.54) is 19.2 Å². The van der Waals surface area contributed by atoms with Gasteiger partial charge in [-0.1, -0.05) is 12.1 Å². The standard InChI is InChI=1S/C13H17F2NO/c1-17-12-8-10(13(14)15)2-3-11(12)9-4-6-16-7-5-9/h2-3,8-9,13,16H,4-7H2,1H3. The fraction of sp³-hybridized carbons (Fsp3) is 0.538. The van der Waals surface area contributed by atoms with Gasteiger partial charge in [0.15, 0.2) is 0 Å². The minimum atomic E-state index is -2.44. The van der Waals surface area contributed by atoms with E-state index in [0.29, 0.717) is 11.7 Å². The molecule has 1 fully saturated rings. The van der Waals surface area contributed by atoms with Gasteiger partial charge in [-0.25, -0.2) is 8.78 Å². The lowest BCUT2D eigenvalue weighted by atomic mass is 9.89. The average Bonchev–Trinajstić information content (AvgIpc) is 2.39. The summed E-state index contributed by atoms with van der Waals surface area (Å²) in [6.45, 7) is 1.95. The molecule has 0 spiro atoms. The predicted molar refractivity (Wildman–Crippen MR) is 62.8 cm³/mol. The van der Waals surface area contributed by atoms with Gasteiger partial charge in [0, 0.05) is 5.56 Å². The Morgan fingerprint density at radius 1 is 1.29 bits per heavy atom. The lowest BCUT2D eigenvalue weighted by Gasteiger charge is -2.24. The van der Waals surface area contributed by atoms with E-state index >= 15 is 0 Å². The molecule has 0 amide bonds. The molecule has 0 unspecified atom stereocenters. The molecule has 94 valence electrons. The van der Waals surface area contributed by atoms with Crippen LogP contribution in [0.4, 0.5) is 8.78 Å². The quantitative estimate of drug-likeness (QED) is 0.878. The summed E-state index contributed by atoms with van der Waals surface area (Å²) >= 11 is 0. The summed E-state index contributed by atoms with van der Waals surface area (Å²) in [6, 6.07) is 4.75. The molecule has 1 heterocycles. The fourth-order valence-electron chi connectivity index (χ4n) is 2.33. The Balaban J connectivity index is 2.26. The second-order valence-electron chi connectivity index (χ2n) is 4.33. The predicted octanol–water partition coefficient (Wildman–Crippen LogP) is 3.10. The highest BCUT2D eigenvalue weighted by molar-refractivity contribution is 5.40. The lowest BCUT2D eigenvalue weighted by Crippen LogP contribution is -2.26. The van der Waals surface area contributed by atoms with Crippen molar-refractivity contribution in [2.75, 3.05) is 20.2 Å². The molecule has 1 N–H and O–H groups in total. The summed E-state index contributed by atoms with van der Waals surface area (Å²) < 4.78 is 30.4. The maximum Gasteiger partial charge on any atom is 0.263 e. The monoisotopic (exact) mass is 241 g/mol. The third kappa shape index (κ3) is 2.75. The smallest absolute Gasteiger partial charge is 0.263 e. The summed E-state index contributed by atoms with van der Waals surface area (Å²) in [5, 5.41) is 3.29. The van der Waals surface area contributed by atoms with Crippen LogP contribution in [-0.4, -0.2) is 20.2 Å². The molecular formula is C13H17F2NO. The van der Waals surface area contributed by atoms with E-state index < -0.39 is 6.43 Å². The van der Waals surface area contributed by atoms with Crippen LogP contribution >= 0.6 is 0 Å². The van der Waals surface area contributed by atoms with Crippen molar-refractivity contribution in [3.8, 4) is 5.75 Å². The van der Waals surface area contributed by atoms with Crippen molar-refractivity contribution in [3.63, 3.8) is 0 Å². The van der Waals surface area contributed by atoms with Crippen LogP contribution in [0.1, 0.15) is 36.3 Å². The zero-order valence-electron chi connectivity index (χ0n) is 9.88. The number of hydrogen-bond acceptors (Lipinski definition) is 2. The number of rotatable bonds is 3. The Bertz CT molecular complexity index is 376. The molecule has 0 bridgehead atoms. The minimum absolute atomic E-state index is 0.0273. The zero-order valence-corrected chi connectivity index (χ0v) is 9.88. The minimum Gasteiger partial charge on any atom is -0.496 e. The first-order valence-corrected chi connectivity index (χ1v) is 5.89. The molecule has 2 rings (SSSR count). The van der Waals surface area contributed by atoms with Crippen molar-refractivity contribution in [2.45, 2.75) is 25.2 Å². The third-order valence-electron chi connectivity index (χ3n) is 3.29. The molecule has 17 heavy (non-hydrogen) atoms. The number of piperidine rings is 1. The van der Waals surface area contributed by atoms with Gasteiger partial charge >= 0.3 is 0 Å². The second-order valence-corrected chi connectivity index (χ2v) is 4.33. The van der Waals surface area contributed by atoms with E-state index in [1.54, 1.807) is 6.07 Å². The summed E-state index contributed by atoms with van der Waals surface area (Å²) in [4.78, 5) is 0. The van der Waals surface area contributed by atoms with Crippen molar-refractivity contribution in [1.82, 2.24) is 5.32 Å². The Morgan fingerprint density at radius 3 is 2.59 bits per heavy atom. The highest BCUT2D eigenvalue weighted by Gasteiger charge is 2.20. The number of methoxy groups -OCH3 is 1. The summed E-state index contributed by atoms with van der Waals surface area (Å²) in [5.74, 6) is 1.01. The van der Waals surface area contributed by atoms with Gasteiger partial charge in [0.05, 0.1) is 7.11 Å². The van der Waals surface area contributed by atoms with Gasteiger partial charge < -0.3 is 10.1 Å². The first-order chi connectivity index (χ1) is 8.22. The molecular weight excluding hydrogens is 224 g/mol. The number of hydrogen-bond donors (Lipinski definition) is 1. The molecule has 1 aromatic rings. The van der Waals surface area contributed by atoms with E-state index in [2.05, 4.69) is 5.32 Å². The third-order valence-corrected chi connectivity index (χ3v) is 3.29. The van der Waals surface area contributed by atoms with Crippen LogP contribution in [0.2, 0.25) is 0 Å². The van der Waals surface area contributed by atoms with Gasteiger partial charge in [-0.3, -0.25) is 0 Å². The Kier molecular flexibility index (Phi) is 3.94. The maximum absolute atomic E-state index is 12.6. The largest absolute Gasteiger partial charge is 0.496 e. The van der Waals surface area contributed by atoms with Crippen LogP contribution < -0.4 is 10.1 Å². The Labute approximate surface area is 100.0 Å². The summed E-state index contributed by atoms with van der Waals surface area (Å²) in [7, 11) is 1.54.